The highest BCUT2D eigenvalue weighted by Gasteiger charge is 2.65. The molecule has 1 unspecified atom stereocenters. The van der Waals surface area contributed by atoms with E-state index in [1.54, 1.807) is 27.7 Å². The Morgan fingerprint density at radius 2 is 1.37 bits per heavy atom. The van der Waals surface area contributed by atoms with Gasteiger partial charge in [0, 0.05) is 41.0 Å². The number of fused-ring (bicyclic) bond motifs is 3. The first kappa shape index (κ1) is 40.3. The van der Waals surface area contributed by atoms with Crippen LogP contribution < -0.4 is 5.32 Å². The molecule has 288 valence electrons. The number of hydrogen-bond acceptors (Lipinski definition) is 18. The molecule has 0 saturated carbocycles. The van der Waals surface area contributed by atoms with Crippen LogP contribution in [0.4, 0.5) is 0 Å². The minimum atomic E-state index is -2.70. The van der Waals surface area contributed by atoms with Gasteiger partial charge in [-0.1, -0.05) is 0 Å². The molecule has 1 amide bonds. The fourth-order valence-corrected chi connectivity index (χ4v) is 6.62. The van der Waals surface area contributed by atoms with Crippen LogP contribution in [0.3, 0.4) is 0 Å². The maximum absolute atomic E-state index is 14.0. The predicted molar refractivity (Wildman–Crippen MR) is 164 cm³/mol. The third-order valence-corrected chi connectivity index (χ3v) is 8.22. The monoisotopic (exact) mass is 733 g/mol. The summed E-state index contributed by atoms with van der Waals surface area (Å²) in [5.74, 6) is -10.0. The van der Waals surface area contributed by atoms with Gasteiger partial charge in [-0.3, -0.25) is 24.0 Å². The zero-order valence-corrected chi connectivity index (χ0v) is 30.2. The summed E-state index contributed by atoms with van der Waals surface area (Å²) in [6.45, 7) is 11.2. The number of carbonyl (C=O) groups is 6. The van der Waals surface area contributed by atoms with Gasteiger partial charge < -0.3 is 62.2 Å². The van der Waals surface area contributed by atoms with E-state index in [0.717, 1.165) is 34.8 Å². The Morgan fingerprint density at radius 1 is 0.765 bits per heavy atom. The molecule has 11 atom stereocenters. The molecule has 4 heterocycles. The summed E-state index contributed by atoms with van der Waals surface area (Å²) in [4.78, 5) is 75.3. The Morgan fingerprint density at radius 3 is 1.94 bits per heavy atom. The number of ether oxygens (including phenoxy) is 12. The van der Waals surface area contributed by atoms with Gasteiger partial charge in [0.15, 0.2) is 36.2 Å². The molecule has 1 N–H and O–H groups in total. The van der Waals surface area contributed by atoms with Crippen LogP contribution in [0.25, 0.3) is 0 Å². The van der Waals surface area contributed by atoms with E-state index in [2.05, 4.69) is 5.32 Å². The van der Waals surface area contributed by atoms with Gasteiger partial charge >= 0.3 is 35.6 Å². The van der Waals surface area contributed by atoms with Crippen molar-refractivity contribution in [3.05, 3.63) is 0 Å². The van der Waals surface area contributed by atoms with Crippen LogP contribution in [0.15, 0.2) is 0 Å². The second-order valence-electron chi connectivity index (χ2n) is 13.4. The Labute approximate surface area is 294 Å². The molecule has 0 aliphatic carbocycles. The van der Waals surface area contributed by atoms with Crippen molar-refractivity contribution < 1.29 is 85.6 Å². The SMILES string of the molecule is COC(=O)C1(OC[C@H]2O[C@@H]3OC(C)(C)O[C@@H]3[C@H]3OC(C)(C)O[C@H]32)O[C@@H]([C@@H](OC(C)=O)[C@@H](COC(C)=O)OC(C)=O)C[C@H](NC(C)=O)[C@H]1OC(C)=O. The maximum Gasteiger partial charge on any atom is 0.370 e. The van der Waals surface area contributed by atoms with Crippen LogP contribution in [-0.2, 0) is 85.6 Å². The zero-order valence-electron chi connectivity index (χ0n) is 30.2. The summed E-state index contributed by atoms with van der Waals surface area (Å²) >= 11 is 0. The maximum atomic E-state index is 14.0. The van der Waals surface area contributed by atoms with Crippen molar-refractivity contribution in [2.45, 2.75) is 147 Å². The van der Waals surface area contributed by atoms with E-state index in [1.807, 2.05) is 0 Å². The lowest BCUT2D eigenvalue weighted by Crippen LogP contribution is -2.71. The number of nitrogens with one attached hydrogen (secondary N) is 1. The van der Waals surface area contributed by atoms with Gasteiger partial charge in [0.05, 0.1) is 19.8 Å². The normalized spacial score (nSPS) is 34.5. The average Bonchev–Trinajstić information content (AvgIpc) is 3.50. The van der Waals surface area contributed by atoms with E-state index in [-0.39, 0.29) is 6.42 Å². The van der Waals surface area contributed by atoms with Gasteiger partial charge in [-0.15, -0.1) is 0 Å². The molecule has 4 rings (SSSR count). The van der Waals surface area contributed by atoms with Crippen LogP contribution in [0.1, 0.15) is 68.7 Å². The average molecular weight is 734 g/mol. The van der Waals surface area contributed by atoms with Gasteiger partial charge in [0.1, 0.15) is 37.1 Å². The van der Waals surface area contributed by atoms with Crippen molar-refractivity contribution in [2.24, 2.45) is 0 Å². The molecule has 0 radical (unpaired) electrons. The van der Waals surface area contributed by atoms with Gasteiger partial charge in [0.2, 0.25) is 5.91 Å². The van der Waals surface area contributed by atoms with Crippen molar-refractivity contribution in [3.8, 4) is 0 Å². The molecule has 4 aliphatic heterocycles. The van der Waals surface area contributed by atoms with Crippen molar-refractivity contribution in [1.82, 2.24) is 5.32 Å². The molecule has 0 spiro atoms. The predicted octanol–water partition coefficient (Wildman–Crippen LogP) is -0.0794. The van der Waals surface area contributed by atoms with Crippen molar-refractivity contribution >= 4 is 35.8 Å². The van der Waals surface area contributed by atoms with Gasteiger partial charge in [0.25, 0.3) is 0 Å². The lowest BCUT2D eigenvalue weighted by atomic mass is 9.88. The van der Waals surface area contributed by atoms with E-state index >= 15 is 0 Å². The van der Waals surface area contributed by atoms with Gasteiger partial charge in [-0.05, 0) is 27.7 Å². The second kappa shape index (κ2) is 15.6. The van der Waals surface area contributed by atoms with Crippen molar-refractivity contribution in [2.75, 3.05) is 20.3 Å². The molecule has 51 heavy (non-hydrogen) atoms. The highest BCUT2D eigenvalue weighted by Crippen LogP contribution is 2.45. The third kappa shape index (κ3) is 9.51. The summed E-state index contributed by atoms with van der Waals surface area (Å²) < 4.78 is 70.0. The number of hydrogen-bond donors (Lipinski definition) is 1. The molecule has 0 aromatic heterocycles. The Kier molecular flexibility index (Phi) is 12.4. The number of esters is 5. The molecule has 0 aromatic rings. The quantitative estimate of drug-likeness (QED) is 0.204. The minimum Gasteiger partial charge on any atom is -0.465 e. The van der Waals surface area contributed by atoms with E-state index in [0.29, 0.717) is 0 Å². The largest absolute Gasteiger partial charge is 0.465 e. The van der Waals surface area contributed by atoms with Crippen LogP contribution >= 0.6 is 0 Å². The van der Waals surface area contributed by atoms with Crippen molar-refractivity contribution in [1.29, 1.82) is 0 Å². The standard InChI is InChI=1S/C32H47NO18/c1-14(34)33-19-11-20(23(44-17(4)37)21(43-16(3)36)12-41-15(2)35)47-32(29(39)40-10,27(19)45-18(5)38)42-13-22-24-25(49-30(6,7)48-24)26-28(46-22)51-31(8,9)50-26/h19-28H,11-13H2,1-10H3,(H,33,34)/t19-,20+,21+,22+,23+,24-,25-,26+,27+,28+,32?/m0/s1. The fourth-order valence-electron chi connectivity index (χ4n) is 6.62. The fraction of sp³-hybridized carbons (Fsp3) is 0.812. The molecule has 4 aliphatic rings. The molecule has 19 nitrogen and oxygen atoms in total. The first-order valence-corrected chi connectivity index (χ1v) is 16.4. The molecule has 0 aromatic carbocycles. The van der Waals surface area contributed by atoms with Crippen LogP contribution in [0.5, 0.6) is 0 Å². The minimum absolute atomic E-state index is 0.310. The number of rotatable bonds is 12. The van der Waals surface area contributed by atoms with Crippen LogP contribution in [0, 0.1) is 0 Å². The Balaban J connectivity index is 1.79. The number of amides is 1. The second-order valence-corrected chi connectivity index (χ2v) is 13.4. The van der Waals surface area contributed by atoms with Crippen molar-refractivity contribution in [3.63, 3.8) is 0 Å². The molecule has 4 fully saturated rings. The molecule has 4 saturated heterocycles. The first-order chi connectivity index (χ1) is 23.7. The van der Waals surface area contributed by atoms with E-state index < -0.39 is 127 Å². The Hall–Kier alpha value is -3.46. The number of carbonyl (C=O) groups excluding carboxylic acids is 6. The first-order valence-electron chi connectivity index (χ1n) is 16.4. The third-order valence-electron chi connectivity index (χ3n) is 8.22. The smallest absolute Gasteiger partial charge is 0.370 e. The lowest BCUT2D eigenvalue weighted by Gasteiger charge is -2.49. The summed E-state index contributed by atoms with van der Waals surface area (Å²) in [5.41, 5.74) is 0. The van der Waals surface area contributed by atoms with E-state index in [1.165, 1.54) is 6.92 Å². The number of methoxy groups -OCH3 is 1. The lowest BCUT2D eigenvalue weighted by molar-refractivity contribution is -0.343. The zero-order chi connectivity index (χ0) is 38.1. The van der Waals surface area contributed by atoms with E-state index in [9.17, 15) is 28.8 Å². The molecular weight excluding hydrogens is 686 g/mol. The van der Waals surface area contributed by atoms with Gasteiger partial charge in [-0.2, -0.15) is 0 Å². The summed E-state index contributed by atoms with van der Waals surface area (Å²) in [6, 6.07) is -1.27. The van der Waals surface area contributed by atoms with Gasteiger partial charge in [-0.25, -0.2) is 4.79 Å². The van der Waals surface area contributed by atoms with Crippen LogP contribution in [-0.4, -0.2) is 135 Å². The highest BCUT2D eigenvalue weighted by molar-refractivity contribution is 5.81. The summed E-state index contributed by atoms with van der Waals surface area (Å²) in [6.07, 6.45) is -10.8. The highest BCUT2D eigenvalue weighted by atomic mass is 16.9. The Bertz CT molecular complexity index is 1350. The topological polar surface area (TPSA) is 225 Å². The molecule has 0 bridgehead atoms. The summed E-state index contributed by atoms with van der Waals surface area (Å²) in [7, 11) is 1.02. The molecule has 19 heteroatoms. The van der Waals surface area contributed by atoms with E-state index in [4.69, 9.17) is 56.8 Å². The molecular formula is C32H47NO18. The van der Waals surface area contributed by atoms with Crippen LogP contribution in [0.2, 0.25) is 0 Å². The summed E-state index contributed by atoms with van der Waals surface area (Å²) in [5, 5.41) is 2.63.